The van der Waals surface area contributed by atoms with Crippen LogP contribution in [-0.4, -0.2) is 57.7 Å². The van der Waals surface area contributed by atoms with Gasteiger partial charge in [0.15, 0.2) is 0 Å². The van der Waals surface area contributed by atoms with E-state index in [0.717, 1.165) is 54.8 Å². The van der Waals surface area contributed by atoms with Crippen LogP contribution >= 0.6 is 0 Å². The molecule has 0 N–H and O–H groups in total. The number of fused-ring (bicyclic) bond motifs is 3. The van der Waals surface area contributed by atoms with E-state index in [1.165, 1.54) is 32.1 Å². The van der Waals surface area contributed by atoms with Crippen molar-refractivity contribution >= 4 is 5.91 Å². The fraction of sp³-hybridized carbons (Fsp3) is 0.545. The Hall–Kier alpha value is -2.34. The molecule has 2 fully saturated rings. The molecule has 0 unspecified atom stereocenters. The van der Waals surface area contributed by atoms with Crippen molar-refractivity contribution in [2.75, 3.05) is 26.2 Å². The Kier molecular flexibility index (Phi) is 4.81. The van der Waals surface area contributed by atoms with Gasteiger partial charge in [0.05, 0.1) is 11.9 Å². The van der Waals surface area contributed by atoms with Crippen LogP contribution in [0.5, 0.6) is 5.75 Å². The maximum absolute atomic E-state index is 13.0. The molecule has 1 aromatic carbocycles. The van der Waals surface area contributed by atoms with Crippen LogP contribution in [0.4, 0.5) is 0 Å². The van der Waals surface area contributed by atoms with E-state index in [2.05, 4.69) is 10.00 Å². The maximum Gasteiger partial charge on any atom is 0.244 e. The Balaban J connectivity index is 1.25. The summed E-state index contributed by atoms with van der Waals surface area (Å²) in [5, 5.41) is 4.50. The SMILES string of the molecule is O=C(Cn1ncc2c1-c1ccccc1OC2)N1CCN(C2CCCCC2)CC1. The zero-order valence-corrected chi connectivity index (χ0v) is 16.3. The highest BCUT2D eigenvalue weighted by Crippen LogP contribution is 2.37. The zero-order chi connectivity index (χ0) is 18.9. The number of piperazine rings is 1. The van der Waals surface area contributed by atoms with Gasteiger partial charge in [-0.25, -0.2) is 0 Å². The highest BCUT2D eigenvalue weighted by Gasteiger charge is 2.28. The molecule has 1 aromatic heterocycles. The second kappa shape index (κ2) is 7.59. The predicted octanol–water partition coefficient (Wildman–Crippen LogP) is 2.92. The van der Waals surface area contributed by atoms with Gasteiger partial charge in [0.1, 0.15) is 18.9 Å². The monoisotopic (exact) mass is 380 g/mol. The van der Waals surface area contributed by atoms with Crippen LogP contribution in [0.3, 0.4) is 0 Å². The third kappa shape index (κ3) is 3.30. The van der Waals surface area contributed by atoms with Gasteiger partial charge in [-0.15, -0.1) is 0 Å². The second-order valence-corrected chi connectivity index (χ2v) is 8.17. The lowest BCUT2D eigenvalue weighted by atomic mass is 9.94. The van der Waals surface area contributed by atoms with E-state index in [4.69, 9.17) is 4.74 Å². The summed E-state index contributed by atoms with van der Waals surface area (Å²) >= 11 is 0. The van der Waals surface area contributed by atoms with Crippen LogP contribution in [0, 0.1) is 0 Å². The van der Waals surface area contributed by atoms with Crippen LogP contribution in [0.1, 0.15) is 37.7 Å². The molecular formula is C22H28N4O2. The highest BCUT2D eigenvalue weighted by atomic mass is 16.5. The Morgan fingerprint density at radius 2 is 1.86 bits per heavy atom. The molecule has 1 saturated heterocycles. The van der Waals surface area contributed by atoms with Crippen molar-refractivity contribution in [2.24, 2.45) is 0 Å². The minimum absolute atomic E-state index is 0.165. The molecule has 1 amide bonds. The fourth-order valence-corrected chi connectivity index (χ4v) is 4.92. The first-order chi connectivity index (χ1) is 13.8. The molecular weight excluding hydrogens is 352 g/mol. The van der Waals surface area contributed by atoms with Crippen LogP contribution in [0.25, 0.3) is 11.3 Å². The largest absolute Gasteiger partial charge is 0.488 e. The maximum atomic E-state index is 13.0. The molecule has 0 spiro atoms. The van der Waals surface area contributed by atoms with Gasteiger partial charge in [0.2, 0.25) is 5.91 Å². The van der Waals surface area contributed by atoms with Gasteiger partial charge in [-0.2, -0.15) is 5.10 Å². The number of hydrogen-bond donors (Lipinski definition) is 0. The number of benzene rings is 1. The molecule has 2 aromatic rings. The number of nitrogens with zero attached hydrogens (tertiary/aromatic N) is 4. The minimum Gasteiger partial charge on any atom is -0.488 e. The number of ether oxygens (including phenoxy) is 1. The lowest BCUT2D eigenvalue weighted by molar-refractivity contribution is -0.134. The number of amides is 1. The van der Waals surface area contributed by atoms with Gasteiger partial charge in [-0.05, 0) is 25.0 Å². The van der Waals surface area contributed by atoms with E-state index < -0.39 is 0 Å². The molecule has 0 atom stereocenters. The molecule has 2 aliphatic heterocycles. The van der Waals surface area contributed by atoms with E-state index in [0.29, 0.717) is 13.2 Å². The van der Waals surface area contributed by atoms with E-state index in [9.17, 15) is 4.79 Å². The molecule has 0 bridgehead atoms. The van der Waals surface area contributed by atoms with Crippen LogP contribution in [0.2, 0.25) is 0 Å². The Bertz CT molecular complexity index is 848. The van der Waals surface area contributed by atoms with Crippen molar-refractivity contribution in [3.8, 4) is 17.0 Å². The molecule has 0 radical (unpaired) electrons. The standard InChI is InChI=1S/C22H28N4O2/c27-21(25-12-10-24(11-13-25)18-6-2-1-3-7-18)15-26-22-17(14-23-26)16-28-20-9-5-4-8-19(20)22/h4-5,8-9,14,18H,1-3,6-7,10-13,15-16H2. The van der Waals surface area contributed by atoms with Gasteiger partial charge in [0.25, 0.3) is 0 Å². The normalized spacial score (nSPS) is 20.4. The van der Waals surface area contributed by atoms with Gasteiger partial charge < -0.3 is 9.64 Å². The van der Waals surface area contributed by atoms with Crippen LogP contribution in [-0.2, 0) is 17.9 Å². The number of rotatable bonds is 3. The van der Waals surface area contributed by atoms with Crippen molar-refractivity contribution in [3.05, 3.63) is 36.0 Å². The molecule has 5 rings (SSSR count). The summed E-state index contributed by atoms with van der Waals surface area (Å²) in [4.78, 5) is 17.6. The van der Waals surface area contributed by atoms with Gasteiger partial charge in [0, 0.05) is 43.3 Å². The second-order valence-electron chi connectivity index (χ2n) is 8.17. The number of para-hydroxylation sites is 1. The summed E-state index contributed by atoms with van der Waals surface area (Å²) < 4.78 is 7.65. The molecule has 6 nitrogen and oxygen atoms in total. The molecule has 148 valence electrons. The lowest BCUT2D eigenvalue weighted by Crippen LogP contribution is -2.52. The molecule has 1 saturated carbocycles. The van der Waals surface area contributed by atoms with Crippen LogP contribution in [0.15, 0.2) is 30.5 Å². The summed E-state index contributed by atoms with van der Waals surface area (Å²) in [6, 6.07) is 8.73. The van der Waals surface area contributed by atoms with Gasteiger partial charge >= 0.3 is 0 Å². The topological polar surface area (TPSA) is 50.6 Å². The Morgan fingerprint density at radius 1 is 1.07 bits per heavy atom. The van der Waals surface area contributed by atoms with Crippen LogP contribution < -0.4 is 4.74 Å². The Labute approximate surface area is 166 Å². The summed E-state index contributed by atoms with van der Waals surface area (Å²) in [5.41, 5.74) is 3.10. The van der Waals surface area contributed by atoms with Crippen molar-refractivity contribution in [1.29, 1.82) is 0 Å². The van der Waals surface area contributed by atoms with E-state index in [-0.39, 0.29) is 5.91 Å². The molecule has 1 aliphatic carbocycles. The Morgan fingerprint density at radius 3 is 2.68 bits per heavy atom. The summed E-state index contributed by atoms with van der Waals surface area (Å²) in [5.74, 6) is 1.03. The molecule has 3 heterocycles. The lowest BCUT2D eigenvalue weighted by Gasteiger charge is -2.40. The predicted molar refractivity (Wildman–Crippen MR) is 107 cm³/mol. The third-order valence-electron chi connectivity index (χ3n) is 6.48. The van der Waals surface area contributed by atoms with Crippen molar-refractivity contribution in [2.45, 2.75) is 51.3 Å². The fourth-order valence-electron chi connectivity index (χ4n) is 4.92. The van der Waals surface area contributed by atoms with Gasteiger partial charge in [-0.1, -0.05) is 31.4 Å². The van der Waals surface area contributed by atoms with Crippen molar-refractivity contribution < 1.29 is 9.53 Å². The quantitative estimate of drug-likeness (QED) is 0.822. The van der Waals surface area contributed by atoms with E-state index in [1.54, 1.807) is 0 Å². The third-order valence-corrected chi connectivity index (χ3v) is 6.48. The number of aromatic nitrogens is 2. The summed E-state index contributed by atoms with van der Waals surface area (Å²) in [7, 11) is 0. The first-order valence-corrected chi connectivity index (χ1v) is 10.6. The molecule has 28 heavy (non-hydrogen) atoms. The first kappa shape index (κ1) is 17.7. The average molecular weight is 380 g/mol. The average Bonchev–Trinajstić information content (AvgIpc) is 3.18. The summed E-state index contributed by atoms with van der Waals surface area (Å²) in [6.45, 7) is 4.49. The molecule has 6 heteroatoms. The minimum atomic E-state index is 0.165. The number of carbonyl (C=O) groups excluding carboxylic acids is 1. The number of hydrogen-bond acceptors (Lipinski definition) is 4. The first-order valence-electron chi connectivity index (χ1n) is 10.6. The van der Waals surface area contributed by atoms with E-state index in [1.807, 2.05) is 40.0 Å². The van der Waals surface area contributed by atoms with E-state index >= 15 is 0 Å². The summed E-state index contributed by atoms with van der Waals surface area (Å²) in [6.07, 6.45) is 8.60. The van der Waals surface area contributed by atoms with Crippen molar-refractivity contribution in [3.63, 3.8) is 0 Å². The smallest absolute Gasteiger partial charge is 0.244 e. The molecule has 3 aliphatic rings. The van der Waals surface area contributed by atoms with Gasteiger partial charge in [-0.3, -0.25) is 14.4 Å². The zero-order valence-electron chi connectivity index (χ0n) is 16.3. The highest BCUT2D eigenvalue weighted by molar-refractivity contribution is 5.78. The number of carbonyl (C=O) groups is 1. The van der Waals surface area contributed by atoms with Crippen molar-refractivity contribution in [1.82, 2.24) is 19.6 Å².